The third-order valence-corrected chi connectivity index (χ3v) is 6.27. The number of thioether (sulfide) groups is 1. The van der Waals surface area contributed by atoms with Crippen LogP contribution in [0.2, 0.25) is 0 Å². The Hall–Kier alpha value is -1.82. The number of hydrogen-bond acceptors (Lipinski definition) is 4. The van der Waals surface area contributed by atoms with Crippen molar-refractivity contribution in [1.82, 2.24) is 20.1 Å². The number of carbonyl (C=O) groups excluding carboxylic acids is 1. The van der Waals surface area contributed by atoms with Crippen LogP contribution in [-0.4, -0.2) is 26.4 Å². The molecular formula is C20H26N4OS. The molecule has 0 radical (unpaired) electrons. The van der Waals surface area contributed by atoms with E-state index in [2.05, 4.69) is 45.2 Å². The molecule has 1 aromatic carbocycles. The highest BCUT2D eigenvalue weighted by Crippen LogP contribution is 2.38. The second-order valence-electron chi connectivity index (χ2n) is 7.44. The Bertz CT molecular complexity index is 812. The van der Waals surface area contributed by atoms with Crippen LogP contribution in [0.3, 0.4) is 0 Å². The Morgan fingerprint density at radius 1 is 1.27 bits per heavy atom. The molecule has 0 unspecified atom stereocenters. The van der Waals surface area contributed by atoms with Crippen LogP contribution >= 0.6 is 11.8 Å². The standard InChI is InChI=1S/C20H26N4OS/c1-13(16-8-7-15-5-3-4-6-17(15)11-16)21-19(25)12-26-20-23-22-14(2)24(20)18-9-10-18/h7-8,11,13,18H,3-6,9-10,12H2,1-2H3,(H,21,25)/t13-/m1/s1. The smallest absolute Gasteiger partial charge is 0.230 e. The summed E-state index contributed by atoms with van der Waals surface area (Å²) < 4.78 is 2.17. The molecule has 5 nitrogen and oxygen atoms in total. The van der Waals surface area contributed by atoms with Crippen LogP contribution in [0.5, 0.6) is 0 Å². The van der Waals surface area contributed by atoms with E-state index in [1.54, 1.807) is 0 Å². The molecular weight excluding hydrogens is 344 g/mol. The van der Waals surface area contributed by atoms with Gasteiger partial charge in [0.15, 0.2) is 5.16 Å². The number of aromatic nitrogens is 3. The molecule has 0 saturated heterocycles. The number of amides is 1. The van der Waals surface area contributed by atoms with Gasteiger partial charge in [0.1, 0.15) is 5.82 Å². The zero-order valence-corrected chi connectivity index (χ0v) is 16.3. The van der Waals surface area contributed by atoms with Crippen LogP contribution in [0, 0.1) is 6.92 Å². The highest BCUT2D eigenvalue weighted by atomic mass is 32.2. The lowest BCUT2D eigenvalue weighted by Gasteiger charge is -2.20. The minimum absolute atomic E-state index is 0.0263. The maximum atomic E-state index is 12.4. The van der Waals surface area contributed by atoms with Gasteiger partial charge in [-0.05, 0) is 69.1 Å². The van der Waals surface area contributed by atoms with Gasteiger partial charge in [-0.15, -0.1) is 10.2 Å². The van der Waals surface area contributed by atoms with Gasteiger partial charge in [0.05, 0.1) is 11.8 Å². The molecule has 1 N–H and O–H groups in total. The van der Waals surface area contributed by atoms with Gasteiger partial charge in [-0.25, -0.2) is 0 Å². The number of rotatable bonds is 6. The first-order chi connectivity index (χ1) is 12.6. The lowest BCUT2D eigenvalue weighted by Crippen LogP contribution is -2.28. The second-order valence-corrected chi connectivity index (χ2v) is 8.39. The molecule has 4 rings (SSSR count). The molecule has 0 aliphatic heterocycles. The van der Waals surface area contributed by atoms with Crippen molar-refractivity contribution in [3.63, 3.8) is 0 Å². The van der Waals surface area contributed by atoms with E-state index in [0.29, 0.717) is 11.8 Å². The van der Waals surface area contributed by atoms with Gasteiger partial charge in [0.2, 0.25) is 5.91 Å². The highest BCUT2D eigenvalue weighted by molar-refractivity contribution is 7.99. The minimum Gasteiger partial charge on any atom is -0.349 e. The van der Waals surface area contributed by atoms with E-state index in [1.165, 1.54) is 60.6 Å². The molecule has 1 amide bonds. The molecule has 26 heavy (non-hydrogen) atoms. The van der Waals surface area contributed by atoms with Gasteiger partial charge in [0.25, 0.3) is 0 Å². The fourth-order valence-corrected chi connectivity index (χ4v) is 4.58. The molecule has 6 heteroatoms. The monoisotopic (exact) mass is 370 g/mol. The molecule has 2 aliphatic carbocycles. The molecule has 1 saturated carbocycles. The fourth-order valence-electron chi connectivity index (χ4n) is 3.72. The Balaban J connectivity index is 1.34. The summed E-state index contributed by atoms with van der Waals surface area (Å²) in [5.74, 6) is 1.36. The first kappa shape index (κ1) is 17.6. The minimum atomic E-state index is 0.0263. The normalized spacial score (nSPS) is 17.6. The predicted molar refractivity (Wildman–Crippen MR) is 103 cm³/mol. The number of carbonyl (C=O) groups is 1. The van der Waals surface area contributed by atoms with Crippen LogP contribution < -0.4 is 5.32 Å². The van der Waals surface area contributed by atoms with Gasteiger partial charge in [-0.2, -0.15) is 0 Å². The van der Waals surface area contributed by atoms with Gasteiger partial charge in [-0.1, -0.05) is 30.0 Å². The fraction of sp³-hybridized carbons (Fsp3) is 0.550. The molecule has 1 heterocycles. The van der Waals surface area contributed by atoms with Crippen molar-refractivity contribution in [2.75, 3.05) is 5.75 Å². The average molecular weight is 371 g/mol. The maximum Gasteiger partial charge on any atom is 0.230 e. The lowest BCUT2D eigenvalue weighted by molar-refractivity contribution is -0.119. The van der Waals surface area contributed by atoms with E-state index in [-0.39, 0.29) is 11.9 Å². The Labute approximate surface area is 159 Å². The van der Waals surface area contributed by atoms with E-state index >= 15 is 0 Å². The molecule has 1 fully saturated rings. The van der Waals surface area contributed by atoms with Crippen LogP contribution in [0.25, 0.3) is 0 Å². The quantitative estimate of drug-likeness (QED) is 0.787. The zero-order chi connectivity index (χ0) is 18.1. The summed E-state index contributed by atoms with van der Waals surface area (Å²) in [6.07, 6.45) is 7.29. The van der Waals surface area contributed by atoms with Gasteiger partial charge < -0.3 is 9.88 Å². The van der Waals surface area contributed by atoms with Crippen molar-refractivity contribution in [3.05, 3.63) is 40.7 Å². The SMILES string of the molecule is Cc1nnc(SCC(=O)N[C@H](C)c2ccc3c(c2)CCCC3)n1C1CC1. The van der Waals surface area contributed by atoms with E-state index < -0.39 is 0 Å². The van der Waals surface area contributed by atoms with E-state index in [1.807, 2.05) is 6.92 Å². The van der Waals surface area contributed by atoms with E-state index in [0.717, 1.165) is 17.4 Å². The van der Waals surface area contributed by atoms with Crippen molar-refractivity contribution >= 4 is 17.7 Å². The van der Waals surface area contributed by atoms with Crippen LogP contribution in [0.4, 0.5) is 0 Å². The molecule has 2 aromatic rings. The van der Waals surface area contributed by atoms with Crippen molar-refractivity contribution in [2.24, 2.45) is 0 Å². The number of fused-ring (bicyclic) bond motifs is 1. The number of nitrogens with zero attached hydrogens (tertiary/aromatic N) is 3. The first-order valence-corrected chi connectivity index (χ1v) is 10.6. The van der Waals surface area contributed by atoms with E-state index in [9.17, 15) is 4.79 Å². The summed E-state index contributed by atoms with van der Waals surface area (Å²) in [7, 11) is 0. The molecule has 0 spiro atoms. The van der Waals surface area contributed by atoms with Crippen molar-refractivity contribution in [1.29, 1.82) is 0 Å². The summed E-state index contributed by atoms with van der Waals surface area (Å²) in [5.41, 5.74) is 4.13. The summed E-state index contributed by atoms with van der Waals surface area (Å²) in [6, 6.07) is 7.24. The van der Waals surface area contributed by atoms with Crippen LogP contribution in [0.1, 0.15) is 67.2 Å². The van der Waals surface area contributed by atoms with Crippen LogP contribution in [-0.2, 0) is 17.6 Å². The molecule has 2 aliphatic rings. The van der Waals surface area contributed by atoms with Gasteiger partial charge >= 0.3 is 0 Å². The zero-order valence-electron chi connectivity index (χ0n) is 15.5. The number of hydrogen-bond donors (Lipinski definition) is 1. The second kappa shape index (κ2) is 7.43. The maximum absolute atomic E-state index is 12.4. The number of nitrogens with one attached hydrogen (secondary N) is 1. The van der Waals surface area contributed by atoms with Crippen molar-refractivity contribution < 1.29 is 4.79 Å². The number of benzene rings is 1. The van der Waals surface area contributed by atoms with Gasteiger partial charge in [0, 0.05) is 6.04 Å². The highest BCUT2D eigenvalue weighted by Gasteiger charge is 2.28. The Morgan fingerprint density at radius 2 is 2.04 bits per heavy atom. The summed E-state index contributed by atoms with van der Waals surface area (Å²) in [4.78, 5) is 12.4. The van der Waals surface area contributed by atoms with Crippen molar-refractivity contribution in [3.8, 4) is 0 Å². The summed E-state index contributed by atoms with van der Waals surface area (Å²) >= 11 is 1.48. The van der Waals surface area contributed by atoms with E-state index in [4.69, 9.17) is 0 Å². The predicted octanol–water partition coefficient (Wildman–Crippen LogP) is 3.77. The first-order valence-electron chi connectivity index (χ1n) is 9.57. The third kappa shape index (κ3) is 3.80. The molecule has 1 atom stereocenters. The van der Waals surface area contributed by atoms with Gasteiger partial charge in [-0.3, -0.25) is 4.79 Å². The third-order valence-electron chi connectivity index (χ3n) is 5.33. The Morgan fingerprint density at radius 3 is 2.81 bits per heavy atom. The topological polar surface area (TPSA) is 59.8 Å². The lowest BCUT2D eigenvalue weighted by atomic mass is 9.89. The van der Waals surface area contributed by atoms with Crippen LogP contribution in [0.15, 0.2) is 23.4 Å². The number of aryl methyl sites for hydroxylation is 3. The molecule has 1 aromatic heterocycles. The average Bonchev–Trinajstić information content (AvgIpc) is 3.42. The Kier molecular flexibility index (Phi) is 5.02. The van der Waals surface area contributed by atoms with Crippen molar-refractivity contribution in [2.45, 2.75) is 69.6 Å². The largest absolute Gasteiger partial charge is 0.349 e. The summed E-state index contributed by atoms with van der Waals surface area (Å²) in [5, 5.41) is 12.4. The molecule has 138 valence electrons. The summed E-state index contributed by atoms with van der Waals surface area (Å²) in [6.45, 7) is 4.04. The molecule has 0 bridgehead atoms.